The van der Waals surface area contributed by atoms with Gasteiger partial charge in [0.05, 0.1) is 17.3 Å². The van der Waals surface area contributed by atoms with Crippen molar-refractivity contribution in [1.29, 1.82) is 0 Å². The van der Waals surface area contributed by atoms with Crippen molar-refractivity contribution in [2.24, 2.45) is 5.73 Å². The van der Waals surface area contributed by atoms with Crippen molar-refractivity contribution in [1.82, 2.24) is 24.7 Å². The minimum Gasteiger partial charge on any atom is -0.444 e. The van der Waals surface area contributed by atoms with Crippen molar-refractivity contribution < 1.29 is 23.5 Å². The largest absolute Gasteiger partial charge is 0.444 e. The second kappa shape index (κ2) is 11.1. The molecule has 2 aromatic rings. The number of amides is 3. The number of ether oxygens (including phenoxy) is 1. The summed E-state index contributed by atoms with van der Waals surface area (Å²) in [5.41, 5.74) is 6.15. The average molecular weight is 553 g/mol. The third-order valence-electron chi connectivity index (χ3n) is 7.60. The monoisotopic (exact) mass is 552 g/mol. The van der Waals surface area contributed by atoms with Crippen LogP contribution in [0.1, 0.15) is 80.0 Å². The minimum absolute atomic E-state index is 0.0151. The van der Waals surface area contributed by atoms with E-state index in [2.05, 4.69) is 9.97 Å². The van der Waals surface area contributed by atoms with E-state index in [1.54, 1.807) is 11.0 Å². The van der Waals surface area contributed by atoms with E-state index in [0.29, 0.717) is 50.0 Å². The molecule has 3 heterocycles. The van der Waals surface area contributed by atoms with Gasteiger partial charge in [-0.25, -0.2) is 19.2 Å². The summed E-state index contributed by atoms with van der Waals surface area (Å²) in [5.74, 6) is -0.967. The van der Waals surface area contributed by atoms with Crippen LogP contribution in [0.3, 0.4) is 0 Å². The number of nitrogens with zero attached hydrogens (tertiary/aromatic N) is 5. The minimum atomic E-state index is -0.664. The van der Waals surface area contributed by atoms with Gasteiger partial charge in [-0.2, -0.15) is 0 Å². The van der Waals surface area contributed by atoms with Crippen LogP contribution in [-0.4, -0.2) is 86.1 Å². The number of rotatable bonds is 5. The molecular formula is C29H37FN6O4. The lowest BCUT2D eigenvalue weighted by molar-refractivity contribution is 0.0142. The third kappa shape index (κ3) is 6.09. The molecule has 1 saturated carbocycles. The van der Waals surface area contributed by atoms with Crippen molar-refractivity contribution in [2.75, 3.05) is 19.6 Å². The molecule has 11 heteroatoms. The van der Waals surface area contributed by atoms with Gasteiger partial charge in [-0.3, -0.25) is 9.59 Å². The van der Waals surface area contributed by atoms with Gasteiger partial charge >= 0.3 is 6.09 Å². The molecule has 3 amide bonds. The zero-order chi connectivity index (χ0) is 28.6. The van der Waals surface area contributed by atoms with Gasteiger partial charge in [-0.05, 0) is 71.4 Å². The Morgan fingerprint density at radius 3 is 2.20 bits per heavy atom. The second-order valence-electron chi connectivity index (χ2n) is 11.8. The molecular weight excluding hydrogens is 515 g/mol. The van der Waals surface area contributed by atoms with E-state index in [1.807, 2.05) is 25.7 Å². The van der Waals surface area contributed by atoms with Crippen molar-refractivity contribution in [3.05, 3.63) is 47.5 Å². The summed E-state index contributed by atoms with van der Waals surface area (Å²) in [6, 6.07) is 4.46. The molecule has 0 radical (unpaired) electrons. The first kappa shape index (κ1) is 27.9. The van der Waals surface area contributed by atoms with Crippen molar-refractivity contribution >= 4 is 17.9 Å². The maximum atomic E-state index is 14.9. The summed E-state index contributed by atoms with van der Waals surface area (Å²) >= 11 is 0. The van der Waals surface area contributed by atoms with Crippen LogP contribution in [0, 0.1) is 5.82 Å². The molecule has 2 N–H and O–H groups in total. The standard InChI is InChI=1S/C29H37FN6O4/c1-29(2,3)40-28(39)34-13-10-21(11-14-34)36(20-7-8-20)26(37)19-16-32-25(33-17-19)18-6-9-22(23(30)15-18)27(38)35-12-4-5-24(35)31/h6,9,15-17,20-21,24H,4-5,7-8,10-14,31H2,1-3H3. The SMILES string of the molecule is CC(C)(C)OC(=O)N1CCC(N(C(=O)c2cnc(-c3ccc(C(=O)N4CCCC4N)c(F)c3)nc2)C2CC2)CC1. The molecule has 3 aliphatic rings. The predicted octanol–water partition coefficient (Wildman–Crippen LogP) is 3.81. The molecule has 2 saturated heterocycles. The highest BCUT2D eigenvalue weighted by atomic mass is 19.1. The number of carbonyl (C=O) groups is 3. The molecule has 5 rings (SSSR count). The van der Waals surface area contributed by atoms with Crippen molar-refractivity contribution in [3.8, 4) is 11.4 Å². The van der Waals surface area contributed by atoms with Gasteiger partial charge < -0.3 is 25.2 Å². The Hall–Kier alpha value is -3.60. The zero-order valence-electron chi connectivity index (χ0n) is 23.3. The third-order valence-corrected chi connectivity index (χ3v) is 7.60. The van der Waals surface area contributed by atoms with E-state index < -0.39 is 23.5 Å². The molecule has 0 spiro atoms. The number of piperidine rings is 1. The van der Waals surface area contributed by atoms with Gasteiger partial charge in [0.15, 0.2) is 5.82 Å². The van der Waals surface area contributed by atoms with Crippen LogP contribution in [0.15, 0.2) is 30.6 Å². The number of halogens is 1. The molecule has 214 valence electrons. The van der Waals surface area contributed by atoms with Gasteiger partial charge in [-0.1, -0.05) is 6.07 Å². The number of benzene rings is 1. The van der Waals surface area contributed by atoms with Gasteiger partial charge in [0.1, 0.15) is 11.4 Å². The molecule has 1 aromatic carbocycles. The quantitative estimate of drug-likeness (QED) is 0.599. The molecule has 1 aliphatic carbocycles. The predicted molar refractivity (Wildman–Crippen MR) is 146 cm³/mol. The first-order chi connectivity index (χ1) is 19.0. The molecule has 3 fully saturated rings. The van der Waals surface area contributed by atoms with E-state index in [-0.39, 0.29) is 35.5 Å². The summed E-state index contributed by atoms with van der Waals surface area (Å²) in [6.07, 6.45) is 6.96. The number of hydrogen-bond donors (Lipinski definition) is 1. The molecule has 0 bridgehead atoms. The highest BCUT2D eigenvalue weighted by Gasteiger charge is 2.40. The van der Waals surface area contributed by atoms with Gasteiger partial charge in [0.25, 0.3) is 11.8 Å². The Kier molecular flexibility index (Phi) is 7.76. The van der Waals surface area contributed by atoms with Crippen LogP contribution >= 0.6 is 0 Å². The fourth-order valence-electron chi connectivity index (χ4n) is 5.40. The molecule has 1 aromatic heterocycles. The van der Waals surface area contributed by atoms with Crippen LogP contribution in [0.2, 0.25) is 0 Å². The number of hydrogen-bond acceptors (Lipinski definition) is 7. The van der Waals surface area contributed by atoms with Gasteiger partial charge in [0, 0.05) is 49.7 Å². The van der Waals surface area contributed by atoms with Gasteiger partial charge in [0.2, 0.25) is 0 Å². The van der Waals surface area contributed by atoms with Crippen LogP contribution in [0.4, 0.5) is 9.18 Å². The fourth-order valence-corrected chi connectivity index (χ4v) is 5.40. The molecule has 2 aliphatic heterocycles. The van der Waals surface area contributed by atoms with E-state index in [9.17, 15) is 18.8 Å². The van der Waals surface area contributed by atoms with Crippen molar-refractivity contribution in [3.63, 3.8) is 0 Å². The lowest BCUT2D eigenvalue weighted by Crippen LogP contribution is -2.50. The smallest absolute Gasteiger partial charge is 0.410 e. The normalized spacial score (nSPS) is 20.0. The topological polar surface area (TPSA) is 122 Å². The average Bonchev–Trinajstić information content (AvgIpc) is 3.66. The highest BCUT2D eigenvalue weighted by molar-refractivity contribution is 5.96. The highest BCUT2D eigenvalue weighted by Crippen LogP contribution is 2.33. The van der Waals surface area contributed by atoms with E-state index >= 15 is 0 Å². The summed E-state index contributed by atoms with van der Waals surface area (Å²) < 4.78 is 20.4. The summed E-state index contributed by atoms with van der Waals surface area (Å²) in [4.78, 5) is 52.5. The molecule has 10 nitrogen and oxygen atoms in total. The Balaban J connectivity index is 1.24. The fraction of sp³-hybridized carbons (Fsp3) is 0.552. The Bertz CT molecular complexity index is 1270. The first-order valence-electron chi connectivity index (χ1n) is 14.0. The van der Waals surface area contributed by atoms with E-state index in [4.69, 9.17) is 10.5 Å². The first-order valence-corrected chi connectivity index (χ1v) is 14.0. The lowest BCUT2D eigenvalue weighted by atomic mass is 10.0. The second-order valence-corrected chi connectivity index (χ2v) is 11.8. The molecule has 1 unspecified atom stereocenters. The van der Waals surface area contributed by atoms with Crippen molar-refractivity contribution in [2.45, 2.75) is 83.1 Å². The van der Waals surface area contributed by atoms with E-state index in [1.165, 1.54) is 29.4 Å². The van der Waals surface area contributed by atoms with Crippen LogP contribution < -0.4 is 5.73 Å². The maximum Gasteiger partial charge on any atom is 0.410 e. The Morgan fingerprint density at radius 2 is 1.65 bits per heavy atom. The number of carbonyl (C=O) groups excluding carboxylic acids is 3. The number of nitrogens with two attached hydrogens (primary N) is 1. The zero-order valence-corrected chi connectivity index (χ0v) is 23.3. The summed E-state index contributed by atoms with van der Waals surface area (Å²) in [7, 11) is 0. The number of aromatic nitrogens is 2. The van der Waals surface area contributed by atoms with E-state index in [0.717, 1.165) is 19.3 Å². The number of likely N-dealkylation sites (tertiary alicyclic amines) is 2. The molecule has 1 atom stereocenters. The Morgan fingerprint density at radius 1 is 1.00 bits per heavy atom. The Labute approximate surface area is 233 Å². The van der Waals surface area contributed by atoms with Crippen LogP contribution in [0.25, 0.3) is 11.4 Å². The lowest BCUT2D eigenvalue weighted by Gasteiger charge is -2.39. The summed E-state index contributed by atoms with van der Waals surface area (Å²) in [5, 5.41) is 0. The summed E-state index contributed by atoms with van der Waals surface area (Å²) in [6.45, 7) is 7.10. The van der Waals surface area contributed by atoms with Crippen LogP contribution in [0.5, 0.6) is 0 Å². The van der Waals surface area contributed by atoms with Crippen LogP contribution in [-0.2, 0) is 4.74 Å². The van der Waals surface area contributed by atoms with Gasteiger partial charge in [-0.15, -0.1) is 0 Å². The maximum absolute atomic E-state index is 14.9. The molecule has 40 heavy (non-hydrogen) atoms.